The van der Waals surface area contributed by atoms with Gasteiger partial charge in [-0.05, 0) is 37.3 Å². The van der Waals surface area contributed by atoms with E-state index in [4.69, 9.17) is 9.15 Å². The molecule has 7 nitrogen and oxygen atoms in total. The van der Waals surface area contributed by atoms with Gasteiger partial charge in [0.05, 0.1) is 5.56 Å². The summed E-state index contributed by atoms with van der Waals surface area (Å²) >= 11 is 0. The molecular weight excluding hydrogens is 334 g/mol. The van der Waals surface area contributed by atoms with Gasteiger partial charge >= 0.3 is 5.97 Å². The highest BCUT2D eigenvalue weighted by Gasteiger charge is 2.20. The van der Waals surface area contributed by atoms with Crippen molar-refractivity contribution in [2.45, 2.75) is 20.0 Å². The summed E-state index contributed by atoms with van der Waals surface area (Å²) in [7, 11) is 0. The number of ether oxygens (including phenoxy) is 1. The molecule has 3 aromatic rings. The summed E-state index contributed by atoms with van der Waals surface area (Å²) in [6.07, 6.45) is -0.711. The molecule has 0 saturated carbocycles. The minimum atomic E-state index is -0.711. The molecule has 1 N–H and O–H groups in total. The van der Waals surface area contributed by atoms with E-state index in [1.54, 1.807) is 31.2 Å². The average Bonchev–Trinajstić information content (AvgIpc) is 3.12. The van der Waals surface area contributed by atoms with Gasteiger partial charge in [0.2, 0.25) is 11.8 Å². The molecule has 1 aromatic heterocycles. The molecule has 7 heteroatoms. The Bertz CT molecular complexity index is 921. The lowest BCUT2D eigenvalue weighted by Crippen LogP contribution is -2.11. The first-order chi connectivity index (χ1) is 12.5. The van der Waals surface area contributed by atoms with Crippen LogP contribution >= 0.6 is 0 Å². The first kappa shape index (κ1) is 17.3. The van der Waals surface area contributed by atoms with Crippen molar-refractivity contribution in [2.24, 2.45) is 0 Å². The Labute approximate surface area is 150 Å². The Morgan fingerprint density at radius 2 is 1.85 bits per heavy atom. The highest BCUT2D eigenvalue weighted by Crippen LogP contribution is 2.23. The third kappa shape index (κ3) is 4.13. The molecule has 0 fully saturated rings. The van der Waals surface area contributed by atoms with Crippen LogP contribution in [0.2, 0.25) is 0 Å². The molecule has 0 bridgehead atoms. The first-order valence-electron chi connectivity index (χ1n) is 8.00. The molecular formula is C19H17N3O4. The molecule has 0 aliphatic rings. The van der Waals surface area contributed by atoms with E-state index >= 15 is 0 Å². The van der Waals surface area contributed by atoms with Crippen molar-refractivity contribution in [3.8, 4) is 11.5 Å². The van der Waals surface area contributed by atoms with Crippen LogP contribution in [-0.4, -0.2) is 22.1 Å². The van der Waals surface area contributed by atoms with Gasteiger partial charge in [-0.1, -0.05) is 24.3 Å². The quantitative estimate of drug-likeness (QED) is 0.706. The van der Waals surface area contributed by atoms with Crippen LogP contribution in [0.4, 0.5) is 5.69 Å². The largest absolute Gasteiger partial charge is 0.449 e. The van der Waals surface area contributed by atoms with Gasteiger partial charge in [0.15, 0.2) is 6.10 Å². The number of benzene rings is 2. The second kappa shape index (κ2) is 7.60. The summed E-state index contributed by atoms with van der Waals surface area (Å²) in [6, 6.07) is 15.8. The number of nitrogens with zero attached hydrogens (tertiary/aromatic N) is 2. The molecule has 132 valence electrons. The lowest BCUT2D eigenvalue weighted by atomic mass is 10.2. The molecule has 26 heavy (non-hydrogen) atoms. The molecule has 2 aromatic carbocycles. The zero-order chi connectivity index (χ0) is 18.5. The molecule has 0 spiro atoms. The van der Waals surface area contributed by atoms with Crippen LogP contribution < -0.4 is 5.32 Å². The van der Waals surface area contributed by atoms with Gasteiger partial charge in [-0.3, -0.25) is 4.79 Å². The number of nitrogens with one attached hydrogen (secondary N) is 1. The standard InChI is InChI=1S/C19H17N3O4/c1-12(17-21-22-18(26-17)14-7-4-3-5-8-14)25-19(24)15-9-6-10-16(11-15)20-13(2)23/h3-12H,1-2H3,(H,20,23). The lowest BCUT2D eigenvalue weighted by molar-refractivity contribution is -0.114. The lowest BCUT2D eigenvalue weighted by Gasteiger charge is -2.10. The van der Waals surface area contributed by atoms with Crippen molar-refractivity contribution in [3.63, 3.8) is 0 Å². The minimum Gasteiger partial charge on any atom is -0.449 e. The average molecular weight is 351 g/mol. The summed E-state index contributed by atoms with van der Waals surface area (Å²) < 4.78 is 11.0. The molecule has 1 unspecified atom stereocenters. The van der Waals surface area contributed by atoms with E-state index in [0.29, 0.717) is 17.1 Å². The van der Waals surface area contributed by atoms with Gasteiger partial charge in [0.1, 0.15) is 0 Å². The maximum Gasteiger partial charge on any atom is 0.338 e. The summed E-state index contributed by atoms with van der Waals surface area (Å²) in [5.41, 5.74) is 1.61. The van der Waals surface area contributed by atoms with Crippen LogP contribution in [0.3, 0.4) is 0 Å². The number of aromatic nitrogens is 2. The maximum atomic E-state index is 12.3. The predicted molar refractivity (Wildman–Crippen MR) is 94.3 cm³/mol. The minimum absolute atomic E-state index is 0.204. The number of carbonyl (C=O) groups excluding carboxylic acids is 2. The highest BCUT2D eigenvalue weighted by molar-refractivity contribution is 5.93. The Morgan fingerprint density at radius 1 is 1.08 bits per heavy atom. The van der Waals surface area contributed by atoms with Crippen molar-refractivity contribution in [1.82, 2.24) is 10.2 Å². The van der Waals surface area contributed by atoms with Gasteiger partial charge in [0, 0.05) is 18.2 Å². The van der Waals surface area contributed by atoms with Crippen LogP contribution in [-0.2, 0) is 9.53 Å². The van der Waals surface area contributed by atoms with E-state index in [1.165, 1.54) is 6.92 Å². The number of carbonyl (C=O) groups is 2. The van der Waals surface area contributed by atoms with E-state index in [2.05, 4.69) is 15.5 Å². The SMILES string of the molecule is CC(=O)Nc1cccc(C(=O)OC(C)c2nnc(-c3ccccc3)o2)c1. The van der Waals surface area contributed by atoms with Gasteiger partial charge in [-0.2, -0.15) is 0 Å². The normalized spacial score (nSPS) is 11.6. The topological polar surface area (TPSA) is 94.3 Å². The zero-order valence-electron chi connectivity index (χ0n) is 14.3. The van der Waals surface area contributed by atoms with Crippen molar-refractivity contribution in [2.75, 3.05) is 5.32 Å². The third-order valence-electron chi connectivity index (χ3n) is 3.51. The molecule has 0 saturated heterocycles. The van der Waals surface area contributed by atoms with Crippen LogP contribution in [0.5, 0.6) is 0 Å². The van der Waals surface area contributed by atoms with Crippen LogP contribution in [0, 0.1) is 0 Å². The summed E-state index contributed by atoms with van der Waals surface area (Å²) in [6.45, 7) is 3.05. The maximum absolute atomic E-state index is 12.3. The second-order valence-corrected chi connectivity index (χ2v) is 5.62. The Balaban J connectivity index is 1.70. The molecule has 0 aliphatic heterocycles. The van der Waals surface area contributed by atoms with Gasteiger partial charge in [0.25, 0.3) is 5.89 Å². The zero-order valence-corrected chi connectivity index (χ0v) is 14.3. The number of hydrogen-bond acceptors (Lipinski definition) is 6. The Kier molecular flexibility index (Phi) is 5.07. The fourth-order valence-corrected chi connectivity index (χ4v) is 2.30. The van der Waals surface area contributed by atoms with E-state index in [-0.39, 0.29) is 11.8 Å². The molecule has 0 radical (unpaired) electrons. The monoisotopic (exact) mass is 351 g/mol. The Morgan fingerprint density at radius 3 is 2.58 bits per heavy atom. The van der Waals surface area contributed by atoms with E-state index in [9.17, 15) is 9.59 Å². The molecule has 3 rings (SSSR count). The van der Waals surface area contributed by atoms with Crippen LogP contribution in [0.15, 0.2) is 59.0 Å². The molecule has 0 aliphatic carbocycles. The molecule has 1 amide bonds. The predicted octanol–water partition coefficient (Wildman–Crippen LogP) is 3.61. The highest BCUT2D eigenvalue weighted by atomic mass is 16.6. The van der Waals surface area contributed by atoms with Gasteiger partial charge < -0.3 is 14.5 Å². The fraction of sp³-hybridized carbons (Fsp3) is 0.158. The molecule has 1 heterocycles. The van der Waals surface area contributed by atoms with E-state index in [1.807, 2.05) is 30.3 Å². The van der Waals surface area contributed by atoms with Crippen LogP contribution in [0.25, 0.3) is 11.5 Å². The van der Waals surface area contributed by atoms with Crippen molar-refractivity contribution in [1.29, 1.82) is 0 Å². The van der Waals surface area contributed by atoms with Crippen molar-refractivity contribution < 1.29 is 18.7 Å². The third-order valence-corrected chi connectivity index (χ3v) is 3.51. The van der Waals surface area contributed by atoms with Gasteiger partial charge in [-0.25, -0.2) is 4.79 Å². The fourth-order valence-electron chi connectivity index (χ4n) is 2.30. The van der Waals surface area contributed by atoms with Crippen molar-refractivity contribution >= 4 is 17.6 Å². The smallest absolute Gasteiger partial charge is 0.338 e. The first-order valence-corrected chi connectivity index (χ1v) is 8.00. The number of rotatable bonds is 5. The summed E-state index contributed by atoms with van der Waals surface area (Å²) in [5, 5.41) is 10.5. The van der Waals surface area contributed by atoms with Crippen LogP contribution in [0.1, 0.15) is 36.2 Å². The van der Waals surface area contributed by atoms with E-state index < -0.39 is 12.1 Å². The number of hydrogen-bond donors (Lipinski definition) is 1. The summed E-state index contributed by atoms with van der Waals surface area (Å²) in [5.74, 6) is -0.210. The van der Waals surface area contributed by atoms with E-state index in [0.717, 1.165) is 5.56 Å². The second-order valence-electron chi connectivity index (χ2n) is 5.62. The molecule has 1 atom stereocenters. The summed E-state index contributed by atoms with van der Waals surface area (Å²) in [4.78, 5) is 23.4. The van der Waals surface area contributed by atoms with Crippen molar-refractivity contribution in [3.05, 3.63) is 66.1 Å². The van der Waals surface area contributed by atoms with Gasteiger partial charge in [-0.15, -0.1) is 10.2 Å². The number of amides is 1. The Hall–Kier alpha value is -3.48. The number of anilines is 1. The number of esters is 1.